The predicted molar refractivity (Wildman–Crippen MR) is 160 cm³/mol. The highest BCUT2D eigenvalue weighted by molar-refractivity contribution is 6.31. The largest absolute Gasteiger partial charge is 0.507 e. The number of nitrogens with two attached hydrogens (primary N) is 1. The number of ketones is 2. The number of benzene rings is 3. The molecule has 6 rings (SSSR count). The van der Waals surface area contributed by atoms with Crippen LogP contribution in [0.1, 0.15) is 68.8 Å². The predicted octanol–water partition coefficient (Wildman–Crippen LogP) is 3.33. The van der Waals surface area contributed by atoms with Crippen molar-refractivity contribution in [2.45, 2.75) is 62.4 Å². The summed E-state index contributed by atoms with van der Waals surface area (Å²) < 4.78 is 17.3. The minimum atomic E-state index is -1.87. The number of fused-ring (bicyclic) bond motifs is 3. The molecule has 0 saturated carbocycles. The molecule has 13 heteroatoms. The number of anilines is 1. The lowest BCUT2D eigenvalue weighted by Crippen LogP contribution is -2.52. The number of halogens is 1. The number of aromatic hydroxyl groups is 2. The van der Waals surface area contributed by atoms with Crippen LogP contribution in [-0.4, -0.2) is 74.8 Å². The minimum Gasteiger partial charge on any atom is -0.507 e. The van der Waals surface area contributed by atoms with Crippen molar-refractivity contribution < 1.29 is 49.0 Å². The molecule has 3 aromatic carbocycles. The van der Waals surface area contributed by atoms with Crippen LogP contribution in [0.4, 0.5) is 10.5 Å². The van der Waals surface area contributed by atoms with E-state index in [-0.39, 0.29) is 47.1 Å². The van der Waals surface area contributed by atoms with Gasteiger partial charge in [-0.3, -0.25) is 14.9 Å². The second kappa shape index (κ2) is 11.7. The van der Waals surface area contributed by atoms with E-state index < -0.39 is 77.6 Å². The Morgan fingerprint density at radius 1 is 1.07 bits per heavy atom. The Labute approximate surface area is 262 Å². The number of carbonyl (C=O) groups is 3. The molecule has 3 aromatic rings. The summed E-state index contributed by atoms with van der Waals surface area (Å²) in [4.78, 5) is 39.7. The highest BCUT2D eigenvalue weighted by atomic mass is 35.5. The number of rotatable bonds is 5. The molecule has 0 radical (unpaired) electrons. The molecule has 236 valence electrons. The average Bonchev–Trinajstić information content (AvgIpc) is 3.00. The molecule has 7 N–H and O–H groups in total. The van der Waals surface area contributed by atoms with Crippen molar-refractivity contribution in [2.24, 2.45) is 5.73 Å². The van der Waals surface area contributed by atoms with Crippen LogP contribution in [-0.2, 0) is 20.6 Å². The zero-order chi connectivity index (χ0) is 32.2. The van der Waals surface area contributed by atoms with Gasteiger partial charge in [-0.2, -0.15) is 0 Å². The summed E-state index contributed by atoms with van der Waals surface area (Å²) in [7, 11) is 0. The Bertz CT molecular complexity index is 1680. The summed E-state index contributed by atoms with van der Waals surface area (Å²) in [6, 6.07) is 11.6. The summed E-state index contributed by atoms with van der Waals surface area (Å²) >= 11 is 5.89. The van der Waals surface area contributed by atoms with Gasteiger partial charge in [0.1, 0.15) is 23.7 Å². The zero-order valence-corrected chi connectivity index (χ0v) is 24.8. The van der Waals surface area contributed by atoms with Crippen LogP contribution in [0, 0.1) is 0 Å². The Kier molecular flexibility index (Phi) is 8.06. The van der Waals surface area contributed by atoms with E-state index in [1.165, 1.54) is 12.1 Å². The Morgan fingerprint density at radius 3 is 2.31 bits per heavy atom. The van der Waals surface area contributed by atoms with Crippen molar-refractivity contribution in [3.63, 3.8) is 0 Å². The van der Waals surface area contributed by atoms with Crippen molar-refractivity contribution in [3.05, 3.63) is 86.9 Å². The number of carbonyl (C=O) groups excluding carboxylic acids is 3. The quantitative estimate of drug-likeness (QED) is 0.175. The third-order valence-electron chi connectivity index (χ3n) is 8.48. The lowest BCUT2D eigenvalue weighted by molar-refractivity contribution is -0.248. The Morgan fingerprint density at radius 2 is 1.69 bits per heavy atom. The standard InChI is InChI=1S/C32H31ClN2O10/c1-14-26(36)20(34)10-22(44-14)45-21-12-32(42,13-43-31(41)35-16-8-6-15(33)7-9-16)11-19-23(21)30(40)25-24(29(19)39)27(37)17-4-2-3-5-18(17)28(25)38/h2-9,14,20-22,26,36,39-40,42H,10-13,34H2,1H3,(H,35,41)/t14-,20-,21-,22-,26-,32-/m0/s1. The van der Waals surface area contributed by atoms with Crippen molar-refractivity contribution >= 4 is 34.9 Å². The molecule has 0 spiro atoms. The van der Waals surface area contributed by atoms with E-state index in [0.29, 0.717) is 10.7 Å². The van der Waals surface area contributed by atoms with E-state index in [0.717, 1.165) is 0 Å². The van der Waals surface area contributed by atoms with Crippen LogP contribution in [0.2, 0.25) is 5.02 Å². The SMILES string of the molecule is C[C@@H]1O[C@@H](O[C@H]2C[C@](O)(COC(=O)Nc3ccc(Cl)cc3)Cc3c(O)c4c(c(O)c32)C(=O)c2ccccc2C4=O)C[C@H](N)[C@H]1O. The molecule has 0 aromatic heterocycles. The van der Waals surface area contributed by atoms with Crippen LogP contribution in [0.3, 0.4) is 0 Å². The van der Waals surface area contributed by atoms with Gasteiger partial charge in [0.2, 0.25) is 0 Å². The van der Waals surface area contributed by atoms with Gasteiger partial charge in [-0.05, 0) is 31.2 Å². The molecule has 2 aliphatic carbocycles. The number of hydrogen-bond donors (Lipinski definition) is 6. The minimum absolute atomic E-state index is 0.0157. The number of phenolic OH excluding ortho intramolecular Hbond substituents is 2. The van der Waals surface area contributed by atoms with Gasteiger partial charge in [-0.15, -0.1) is 0 Å². The zero-order valence-electron chi connectivity index (χ0n) is 24.0. The van der Waals surface area contributed by atoms with Crippen LogP contribution in [0.5, 0.6) is 11.5 Å². The van der Waals surface area contributed by atoms with Gasteiger partial charge < -0.3 is 40.4 Å². The maximum atomic E-state index is 13.6. The number of amides is 1. The first-order chi connectivity index (χ1) is 21.4. The molecule has 1 fully saturated rings. The molecule has 1 heterocycles. The van der Waals surface area contributed by atoms with Crippen LogP contribution < -0.4 is 11.1 Å². The number of hydrogen-bond acceptors (Lipinski definition) is 11. The van der Waals surface area contributed by atoms with Gasteiger partial charge in [0.15, 0.2) is 17.9 Å². The normalized spacial score (nSPS) is 27.3. The summed E-state index contributed by atoms with van der Waals surface area (Å²) in [5.74, 6) is -2.52. The summed E-state index contributed by atoms with van der Waals surface area (Å²) in [6.07, 6.45) is -5.37. The molecular formula is C32H31ClN2O10. The smallest absolute Gasteiger partial charge is 0.411 e. The fraction of sp³-hybridized carbons (Fsp3) is 0.344. The van der Waals surface area contributed by atoms with Gasteiger partial charge >= 0.3 is 6.09 Å². The van der Waals surface area contributed by atoms with Crippen LogP contribution in [0.15, 0.2) is 48.5 Å². The number of aliphatic hydroxyl groups is 2. The van der Waals surface area contributed by atoms with E-state index in [2.05, 4.69) is 5.32 Å². The maximum absolute atomic E-state index is 13.6. The molecule has 1 aliphatic heterocycles. The van der Waals surface area contributed by atoms with Gasteiger partial charge in [0.25, 0.3) is 0 Å². The number of phenols is 2. The molecule has 0 bridgehead atoms. The molecular weight excluding hydrogens is 608 g/mol. The average molecular weight is 639 g/mol. The third-order valence-corrected chi connectivity index (χ3v) is 8.73. The van der Waals surface area contributed by atoms with Gasteiger partial charge in [0, 0.05) is 58.3 Å². The number of nitrogens with one attached hydrogen (secondary N) is 1. The van der Waals surface area contributed by atoms with Gasteiger partial charge in [-0.1, -0.05) is 35.9 Å². The molecule has 1 amide bonds. The lowest BCUT2D eigenvalue weighted by Gasteiger charge is -2.42. The lowest BCUT2D eigenvalue weighted by atomic mass is 9.73. The molecule has 12 nitrogen and oxygen atoms in total. The van der Waals surface area contributed by atoms with Crippen LogP contribution >= 0.6 is 11.6 Å². The second-order valence-electron chi connectivity index (χ2n) is 11.6. The Balaban J connectivity index is 1.36. The van der Waals surface area contributed by atoms with Crippen molar-refractivity contribution in [1.29, 1.82) is 0 Å². The molecule has 0 unspecified atom stereocenters. The molecule has 6 atom stereocenters. The summed E-state index contributed by atoms with van der Waals surface area (Å²) in [5.41, 5.74) is 3.90. The first-order valence-corrected chi connectivity index (χ1v) is 14.7. The van der Waals surface area contributed by atoms with Gasteiger partial charge in [-0.25, -0.2) is 4.79 Å². The summed E-state index contributed by atoms with van der Waals surface area (Å²) in [5, 5.41) is 48.1. The van der Waals surface area contributed by atoms with E-state index in [1.807, 2.05) is 0 Å². The van der Waals surface area contributed by atoms with Crippen molar-refractivity contribution in [1.82, 2.24) is 0 Å². The molecule has 45 heavy (non-hydrogen) atoms. The first-order valence-electron chi connectivity index (χ1n) is 14.3. The van der Waals surface area contributed by atoms with E-state index in [4.69, 9.17) is 31.5 Å². The monoisotopic (exact) mass is 638 g/mol. The maximum Gasteiger partial charge on any atom is 0.411 e. The second-order valence-corrected chi connectivity index (χ2v) is 12.1. The Hall–Kier alpha value is -4.04. The van der Waals surface area contributed by atoms with Gasteiger partial charge in [0.05, 0.1) is 29.4 Å². The van der Waals surface area contributed by atoms with E-state index >= 15 is 0 Å². The first kappa shape index (κ1) is 31.0. The fourth-order valence-electron chi connectivity index (χ4n) is 6.23. The molecule has 3 aliphatic rings. The fourth-order valence-corrected chi connectivity index (χ4v) is 6.35. The van der Waals surface area contributed by atoms with Crippen LogP contribution in [0.25, 0.3) is 0 Å². The highest BCUT2D eigenvalue weighted by Crippen LogP contribution is 2.52. The topological polar surface area (TPSA) is 198 Å². The van der Waals surface area contributed by atoms with E-state index in [1.54, 1.807) is 43.3 Å². The van der Waals surface area contributed by atoms with Crippen molar-refractivity contribution in [2.75, 3.05) is 11.9 Å². The highest BCUT2D eigenvalue weighted by Gasteiger charge is 2.48. The number of aliphatic hydroxyl groups excluding tert-OH is 1. The third kappa shape index (κ3) is 5.65. The van der Waals surface area contributed by atoms with E-state index in [9.17, 15) is 34.8 Å². The summed E-state index contributed by atoms with van der Waals surface area (Å²) in [6.45, 7) is 1.04. The number of ether oxygens (including phenoxy) is 3. The molecule has 1 saturated heterocycles. The van der Waals surface area contributed by atoms with Crippen molar-refractivity contribution in [3.8, 4) is 11.5 Å².